The summed E-state index contributed by atoms with van der Waals surface area (Å²) in [5, 5.41) is 8.88. The Kier molecular flexibility index (Phi) is 8.63. The van der Waals surface area contributed by atoms with Crippen molar-refractivity contribution in [2.45, 2.75) is 90.4 Å². The van der Waals surface area contributed by atoms with E-state index < -0.39 is 55.9 Å². The first kappa shape index (κ1) is 26.9. The third-order valence-corrected chi connectivity index (χ3v) is 7.41. The van der Waals surface area contributed by atoms with Gasteiger partial charge in [-0.2, -0.15) is 9.65 Å². The van der Waals surface area contributed by atoms with Crippen LogP contribution in [0.4, 0.5) is 4.39 Å². The Balaban J connectivity index is 1.82. The fourth-order valence-electron chi connectivity index (χ4n) is 4.12. The van der Waals surface area contributed by atoms with Crippen LogP contribution >= 0.6 is 8.53 Å². The summed E-state index contributed by atoms with van der Waals surface area (Å²) < 4.78 is 47.1. The lowest BCUT2D eigenvalue weighted by atomic mass is 10.1. The van der Waals surface area contributed by atoms with Gasteiger partial charge in [-0.1, -0.05) is 0 Å². The molecule has 13 heteroatoms. The Bertz CT molecular complexity index is 1000. The number of ether oxygens (including phenoxy) is 3. The topological polar surface area (TPSA) is 128 Å². The average Bonchev–Trinajstić information content (AvgIpc) is 3.21. The van der Waals surface area contributed by atoms with Gasteiger partial charge in [0.05, 0.1) is 31.9 Å². The molecule has 5 atom stereocenters. The van der Waals surface area contributed by atoms with E-state index >= 15 is 0 Å². The molecule has 2 saturated heterocycles. The van der Waals surface area contributed by atoms with Crippen molar-refractivity contribution < 1.29 is 27.6 Å². The minimum atomic E-state index is -1.53. The number of halogens is 1. The van der Waals surface area contributed by atoms with Gasteiger partial charge in [0.15, 0.2) is 12.0 Å². The molecule has 1 aromatic rings. The van der Waals surface area contributed by atoms with Crippen molar-refractivity contribution in [1.29, 1.82) is 5.26 Å². The average molecular weight is 502 g/mol. The quantitative estimate of drug-likeness (QED) is 0.379. The molecule has 0 aromatic carbocycles. The van der Waals surface area contributed by atoms with E-state index in [1.165, 1.54) is 0 Å². The number of nitrogens with zero attached hydrogens (tertiary/aromatic N) is 3. The predicted molar refractivity (Wildman–Crippen MR) is 120 cm³/mol. The molecule has 2 fully saturated rings. The van der Waals surface area contributed by atoms with Gasteiger partial charge in [-0.3, -0.25) is 14.3 Å². The number of fused-ring (bicyclic) bond motifs is 1. The summed E-state index contributed by atoms with van der Waals surface area (Å²) in [7, 11) is -1.53. The van der Waals surface area contributed by atoms with E-state index in [4.69, 9.17) is 28.5 Å². The SMILES string of the molecule is CC(C)N(C(C)C)P(OCCC#N)OC[C@H]1O[C@@H](n2cc(F)c(=O)[nH]c2=O)C2OC(C)(C)O[C@H]21. The van der Waals surface area contributed by atoms with Crippen LogP contribution in [0.2, 0.25) is 0 Å². The Morgan fingerprint density at radius 2 is 1.88 bits per heavy atom. The van der Waals surface area contributed by atoms with Gasteiger partial charge in [0.2, 0.25) is 5.82 Å². The second kappa shape index (κ2) is 10.9. The fraction of sp³-hybridized carbons (Fsp3) is 0.762. The van der Waals surface area contributed by atoms with Gasteiger partial charge in [0.25, 0.3) is 14.1 Å². The van der Waals surface area contributed by atoms with Crippen LogP contribution in [-0.2, 0) is 23.3 Å². The normalized spacial score (nSPS) is 26.9. The summed E-state index contributed by atoms with van der Waals surface area (Å²) in [5.41, 5.74) is -1.93. The highest BCUT2D eigenvalue weighted by molar-refractivity contribution is 7.44. The molecule has 0 aliphatic carbocycles. The minimum absolute atomic E-state index is 0.0475. The van der Waals surface area contributed by atoms with Crippen molar-refractivity contribution in [3.8, 4) is 6.07 Å². The molecule has 190 valence electrons. The number of hydrogen-bond acceptors (Lipinski definition) is 9. The molecular weight excluding hydrogens is 470 g/mol. The molecule has 0 amide bonds. The van der Waals surface area contributed by atoms with E-state index in [2.05, 4.69) is 10.7 Å². The number of H-pyrrole nitrogens is 1. The van der Waals surface area contributed by atoms with Crippen LogP contribution in [0, 0.1) is 17.1 Å². The van der Waals surface area contributed by atoms with E-state index in [0.717, 1.165) is 10.8 Å². The summed E-state index contributed by atoms with van der Waals surface area (Å²) in [6.07, 6.45) is -2.00. The molecule has 2 aliphatic rings. The van der Waals surface area contributed by atoms with Gasteiger partial charge in [0.1, 0.15) is 18.3 Å². The zero-order valence-corrected chi connectivity index (χ0v) is 21.1. The summed E-state index contributed by atoms with van der Waals surface area (Å²) >= 11 is 0. The van der Waals surface area contributed by atoms with Crippen LogP contribution in [0.5, 0.6) is 0 Å². The first-order valence-electron chi connectivity index (χ1n) is 11.2. The van der Waals surface area contributed by atoms with E-state index in [9.17, 15) is 14.0 Å². The number of hydrogen-bond donors (Lipinski definition) is 1. The predicted octanol–water partition coefficient (Wildman–Crippen LogP) is 2.39. The Labute approximate surface area is 198 Å². The first-order chi connectivity index (χ1) is 15.9. The Hall–Kier alpha value is -1.71. The van der Waals surface area contributed by atoms with Crippen LogP contribution < -0.4 is 11.2 Å². The Morgan fingerprint density at radius 1 is 1.24 bits per heavy atom. The Morgan fingerprint density at radius 3 is 2.50 bits per heavy atom. The second-order valence-corrected chi connectivity index (χ2v) is 10.6. The van der Waals surface area contributed by atoms with Crippen molar-refractivity contribution in [3.63, 3.8) is 0 Å². The van der Waals surface area contributed by atoms with E-state index in [1.807, 2.05) is 32.7 Å². The maximum atomic E-state index is 13.9. The molecule has 11 nitrogen and oxygen atoms in total. The van der Waals surface area contributed by atoms with Crippen molar-refractivity contribution >= 4 is 8.53 Å². The number of nitrogens with one attached hydrogen (secondary N) is 1. The second-order valence-electron chi connectivity index (χ2n) is 9.12. The molecule has 0 radical (unpaired) electrons. The van der Waals surface area contributed by atoms with Crippen molar-refractivity contribution in [1.82, 2.24) is 14.2 Å². The maximum Gasteiger partial charge on any atom is 0.330 e. The molecule has 2 aliphatic heterocycles. The lowest BCUT2D eigenvalue weighted by molar-refractivity contribution is -0.200. The van der Waals surface area contributed by atoms with Gasteiger partial charge >= 0.3 is 5.69 Å². The van der Waals surface area contributed by atoms with E-state index in [1.54, 1.807) is 13.8 Å². The standard InChI is InChI=1S/C21H32FN4O7P/c1-12(2)26(13(3)4)34(29-9-7-8-23)30-11-15-16-17(33-21(5,6)32-16)19(31-15)25-10-14(22)18(27)24-20(25)28/h10,12-13,15-17,19H,7,9,11H2,1-6H3,(H,24,27,28)/t15-,16+,17?,19-,34?/m1/s1. The van der Waals surface area contributed by atoms with Crippen LogP contribution in [0.3, 0.4) is 0 Å². The summed E-state index contributed by atoms with van der Waals surface area (Å²) in [4.78, 5) is 25.8. The lowest BCUT2D eigenvalue weighted by Gasteiger charge is -2.36. The molecule has 0 saturated carbocycles. The van der Waals surface area contributed by atoms with Gasteiger partial charge in [-0.15, -0.1) is 0 Å². The molecule has 1 aromatic heterocycles. The number of nitriles is 1. The van der Waals surface area contributed by atoms with Gasteiger partial charge < -0.3 is 23.3 Å². The lowest BCUT2D eigenvalue weighted by Crippen LogP contribution is -2.38. The fourth-order valence-corrected chi connectivity index (χ4v) is 5.73. The maximum absolute atomic E-state index is 13.9. The van der Waals surface area contributed by atoms with Crippen molar-refractivity contribution in [3.05, 3.63) is 32.9 Å². The molecule has 34 heavy (non-hydrogen) atoms. The third kappa shape index (κ3) is 5.91. The number of rotatable bonds is 10. The molecule has 3 heterocycles. The van der Waals surface area contributed by atoms with Gasteiger partial charge in [-0.05, 0) is 41.5 Å². The molecule has 2 unspecified atom stereocenters. The van der Waals surface area contributed by atoms with E-state index in [0.29, 0.717) is 0 Å². The zero-order chi connectivity index (χ0) is 25.2. The summed E-state index contributed by atoms with van der Waals surface area (Å²) in [6, 6.07) is 2.29. The molecule has 3 rings (SSSR count). The van der Waals surface area contributed by atoms with E-state index in [-0.39, 0.29) is 31.7 Å². The smallest absolute Gasteiger partial charge is 0.330 e. The van der Waals surface area contributed by atoms with Crippen LogP contribution in [-0.4, -0.2) is 63.6 Å². The molecule has 0 bridgehead atoms. The molecular formula is C21H32FN4O7P. The van der Waals surface area contributed by atoms with Crippen LogP contribution in [0.25, 0.3) is 0 Å². The highest BCUT2D eigenvalue weighted by Gasteiger charge is 2.56. The van der Waals surface area contributed by atoms with Gasteiger partial charge in [0, 0.05) is 12.1 Å². The summed E-state index contributed by atoms with van der Waals surface area (Å²) in [5.74, 6) is -2.08. The van der Waals surface area contributed by atoms with Crippen molar-refractivity contribution in [2.75, 3.05) is 13.2 Å². The molecule has 1 N–H and O–H groups in total. The van der Waals surface area contributed by atoms with Gasteiger partial charge in [-0.25, -0.2) is 9.46 Å². The van der Waals surface area contributed by atoms with Crippen molar-refractivity contribution in [2.24, 2.45) is 0 Å². The minimum Gasteiger partial charge on any atom is -0.346 e. The number of aromatic nitrogens is 2. The van der Waals surface area contributed by atoms with Crippen LogP contribution in [0.15, 0.2) is 15.8 Å². The zero-order valence-electron chi connectivity index (χ0n) is 20.2. The highest BCUT2D eigenvalue weighted by Crippen LogP contribution is 2.48. The molecule has 0 spiro atoms. The largest absolute Gasteiger partial charge is 0.346 e. The highest BCUT2D eigenvalue weighted by atomic mass is 31.2. The number of aromatic amines is 1. The summed E-state index contributed by atoms with van der Waals surface area (Å²) in [6.45, 7) is 11.8. The van der Waals surface area contributed by atoms with Crippen LogP contribution in [0.1, 0.15) is 54.2 Å². The third-order valence-electron chi connectivity index (χ3n) is 5.34. The monoisotopic (exact) mass is 502 g/mol. The first-order valence-corrected chi connectivity index (χ1v) is 12.3.